The molecule has 2 amide bonds. The highest BCUT2D eigenvalue weighted by atomic mass is 19.4. The van der Waals surface area contributed by atoms with Crippen molar-refractivity contribution in [1.82, 2.24) is 15.6 Å². The molecule has 188 valence electrons. The van der Waals surface area contributed by atoms with E-state index < -0.39 is 17.7 Å². The molecule has 1 aromatic heterocycles. The number of pyridine rings is 1. The Labute approximate surface area is 202 Å². The smallest absolute Gasteiger partial charge is 0.419 e. The number of halogens is 3. The van der Waals surface area contributed by atoms with E-state index in [9.17, 15) is 22.8 Å². The number of piperidine rings is 1. The maximum Gasteiger partial charge on any atom is 0.419 e. The molecule has 2 heterocycles. The highest BCUT2D eigenvalue weighted by Crippen LogP contribution is 2.36. The molecule has 2 N–H and O–H groups in total. The highest BCUT2D eigenvalue weighted by molar-refractivity contribution is 5.79. The zero-order valence-corrected chi connectivity index (χ0v) is 19.3. The first-order chi connectivity index (χ1) is 16.8. The van der Waals surface area contributed by atoms with Crippen molar-refractivity contribution < 1.29 is 27.5 Å². The number of ether oxygens (including phenoxy) is 1. The second-order valence-corrected chi connectivity index (χ2v) is 8.97. The first-order valence-electron chi connectivity index (χ1n) is 11.9. The summed E-state index contributed by atoms with van der Waals surface area (Å²) in [6.45, 7) is 1.02. The van der Waals surface area contributed by atoms with Gasteiger partial charge in [0, 0.05) is 31.9 Å². The number of carbonyl (C=O) groups is 2. The van der Waals surface area contributed by atoms with Crippen molar-refractivity contribution in [2.24, 2.45) is 5.92 Å². The normalized spacial score (nSPS) is 18.1. The van der Waals surface area contributed by atoms with E-state index in [4.69, 9.17) is 4.74 Å². The van der Waals surface area contributed by atoms with Crippen LogP contribution in [0, 0.1) is 5.92 Å². The monoisotopic (exact) mass is 490 g/mol. The van der Waals surface area contributed by atoms with Crippen LogP contribution in [0.2, 0.25) is 0 Å². The van der Waals surface area contributed by atoms with Gasteiger partial charge in [0.1, 0.15) is 11.6 Å². The Kier molecular flexibility index (Phi) is 7.77. The lowest BCUT2D eigenvalue weighted by atomic mass is 9.96. The van der Waals surface area contributed by atoms with Crippen LogP contribution in [-0.2, 0) is 22.2 Å². The van der Waals surface area contributed by atoms with Gasteiger partial charge in [-0.15, -0.1) is 0 Å². The molecule has 2 aliphatic rings. The average molecular weight is 491 g/mol. The van der Waals surface area contributed by atoms with Crippen LogP contribution < -0.4 is 20.3 Å². The van der Waals surface area contributed by atoms with Gasteiger partial charge in [-0.2, -0.15) is 13.2 Å². The summed E-state index contributed by atoms with van der Waals surface area (Å²) in [6.07, 6.45) is 0.736. The van der Waals surface area contributed by atoms with E-state index in [-0.39, 0.29) is 30.8 Å². The van der Waals surface area contributed by atoms with Crippen LogP contribution in [0.3, 0.4) is 0 Å². The summed E-state index contributed by atoms with van der Waals surface area (Å²) in [5, 5.41) is 5.77. The number of hydrogen-bond acceptors (Lipinski definition) is 5. The molecule has 35 heavy (non-hydrogen) atoms. The van der Waals surface area contributed by atoms with E-state index in [1.807, 2.05) is 12.1 Å². The third kappa shape index (κ3) is 7.10. The van der Waals surface area contributed by atoms with E-state index in [1.165, 1.54) is 12.3 Å². The molecule has 1 saturated carbocycles. The summed E-state index contributed by atoms with van der Waals surface area (Å²) in [4.78, 5) is 29.9. The molecule has 0 spiro atoms. The molecule has 7 nitrogen and oxygen atoms in total. The zero-order valence-electron chi connectivity index (χ0n) is 19.3. The topological polar surface area (TPSA) is 83.6 Å². The summed E-state index contributed by atoms with van der Waals surface area (Å²) >= 11 is 0. The van der Waals surface area contributed by atoms with Crippen LogP contribution >= 0.6 is 0 Å². The summed E-state index contributed by atoms with van der Waals surface area (Å²) in [5.41, 5.74) is 0.214. The van der Waals surface area contributed by atoms with Gasteiger partial charge in [-0.3, -0.25) is 9.59 Å². The first kappa shape index (κ1) is 24.8. The molecule has 2 aromatic rings. The van der Waals surface area contributed by atoms with Crippen molar-refractivity contribution in [2.75, 3.05) is 31.1 Å². The third-order valence-electron chi connectivity index (χ3n) is 6.13. The van der Waals surface area contributed by atoms with Gasteiger partial charge in [0.25, 0.3) is 5.91 Å². The molecular formula is C25H29F3N4O3. The van der Waals surface area contributed by atoms with Gasteiger partial charge in [-0.1, -0.05) is 12.1 Å². The lowest BCUT2D eigenvalue weighted by Crippen LogP contribution is -2.44. The Balaban J connectivity index is 1.22. The van der Waals surface area contributed by atoms with Gasteiger partial charge in [-0.25, -0.2) is 4.98 Å². The summed E-state index contributed by atoms with van der Waals surface area (Å²) in [6, 6.07) is 9.91. The van der Waals surface area contributed by atoms with Gasteiger partial charge in [0.15, 0.2) is 6.61 Å². The minimum Gasteiger partial charge on any atom is -0.484 e. The minimum atomic E-state index is -4.50. The predicted octanol–water partition coefficient (Wildman–Crippen LogP) is 3.33. The predicted molar refractivity (Wildman–Crippen MR) is 124 cm³/mol. The second-order valence-electron chi connectivity index (χ2n) is 8.97. The number of alkyl halides is 3. The number of rotatable bonds is 9. The number of hydrogen-bond donors (Lipinski definition) is 2. The largest absolute Gasteiger partial charge is 0.484 e. The molecule has 1 unspecified atom stereocenters. The molecule has 2 fully saturated rings. The molecule has 1 atom stereocenters. The number of carbonyl (C=O) groups excluding carboxylic acids is 2. The highest BCUT2D eigenvalue weighted by Gasteiger charge is 2.37. The van der Waals surface area contributed by atoms with Crippen molar-refractivity contribution in [3.63, 3.8) is 0 Å². The van der Waals surface area contributed by atoms with Crippen LogP contribution in [-0.4, -0.2) is 49.1 Å². The van der Waals surface area contributed by atoms with E-state index in [2.05, 4.69) is 15.6 Å². The van der Waals surface area contributed by atoms with Crippen molar-refractivity contribution in [3.8, 4) is 5.75 Å². The lowest BCUT2D eigenvalue weighted by Gasteiger charge is -2.34. The fraction of sp³-hybridized carbons (Fsp3) is 0.480. The maximum atomic E-state index is 13.4. The molecule has 1 saturated heterocycles. The molecule has 1 aliphatic heterocycles. The summed E-state index contributed by atoms with van der Waals surface area (Å²) in [7, 11) is 0. The van der Waals surface area contributed by atoms with E-state index >= 15 is 0 Å². The van der Waals surface area contributed by atoms with Crippen LogP contribution in [0.4, 0.5) is 19.0 Å². The Bertz CT molecular complexity index is 1030. The third-order valence-corrected chi connectivity index (χ3v) is 6.13. The van der Waals surface area contributed by atoms with Crippen LogP contribution in [0.1, 0.15) is 36.8 Å². The van der Waals surface area contributed by atoms with E-state index in [0.717, 1.165) is 24.5 Å². The Hall–Kier alpha value is -3.30. The fourth-order valence-electron chi connectivity index (χ4n) is 4.13. The van der Waals surface area contributed by atoms with Gasteiger partial charge >= 0.3 is 6.18 Å². The Morgan fingerprint density at radius 2 is 1.89 bits per heavy atom. The molecule has 1 aliphatic carbocycles. The van der Waals surface area contributed by atoms with Crippen LogP contribution in [0.25, 0.3) is 0 Å². The zero-order chi connectivity index (χ0) is 24.8. The van der Waals surface area contributed by atoms with Crippen molar-refractivity contribution in [1.29, 1.82) is 0 Å². The van der Waals surface area contributed by atoms with Gasteiger partial charge in [0.2, 0.25) is 5.91 Å². The number of anilines is 1. The van der Waals surface area contributed by atoms with Crippen LogP contribution in [0.5, 0.6) is 5.75 Å². The van der Waals surface area contributed by atoms with Gasteiger partial charge in [0.05, 0.1) is 11.5 Å². The van der Waals surface area contributed by atoms with Gasteiger partial charge in [-0.05, 0) is 61.9 Å². The number of benzene rings is 1. The Morgan fingerprint density at radius 1 is 1.11 bits per heavy atom. The maximum absolute atomic E-state index is 13.4. The number of amides is 2. The molecule has 0 bridgehead atoms. The fourth-order valence-corrected chi connectivity index (χ4v) is 4.13. The second kappa shape index (κ2) is 11.0. The minimum absolute atomic E-state index is 0.0206. The summed E-state index contributed by atoms with van der Waals surface area (Å²) < 4.78 is 45.6. The number of nitrogens with one attached hydrogen (secondary N) is 2. The number of nitrogens with zero attached hydrogens (tertiary/aromatic N) is 2. The molecule has 1 aromatic carbocycles. The molecule has 0 radical (unpaired) electrons. The first-order valence-corrected chi connectivity index (χ1v) is 11.9. The van der Waals surface area contributed by atoms with Crippen molar-refractivity contribution >= 4 is 17.6 Å². The molecule has 10 heteroatoms. The molecular weight excluding hydrogens is 461 g/mol. The molecule has 4 rings (SSSR count). The van der Waals surface area contributed by atoms with Crippen molar-refractivity contribution in [3.05, 3.63) is 53.7 Å². The SMILES string of the molecule is O=C(COc1ccc(CCNC(=O)C2CCCN(c3ncccc3C(F)(F)F)C2)cc1)NC1CC1. The summed E-state index contributed by atoms with van der Waals surface area (Å²) in [5.74, 6) is -0.216. The quantitative estimate of drug-likeness (QED) is 0.564. The number of aromatic nitrogens is 1. The van der Waals surface area contributed by atoms with E-state index in [1.54, 1.807) is 17.0 Å². The van der Waals surface area contributed by atoms with Gasteiger partial charge < -0.3 is 20.3 Å². The standard InChI is InChI=1S/C25H29F3N4O3/c26-25(27,28)21-4-1-12-29-23(21)32-14-2-3-18(15-32)24(34)30-13-11-17-5-9-20(10-6-17)35-16-22(33)31-19-7-8-19/h1,4-6,9-10,12,18-19H,2-3,7-8,11,13-16H2,(H,30,34)(H,31,33). The Morgan fingerprint density at radius 3 is 2.60 bits per heavy atom. The lowest BCUT2D eigenvalue weighted by molar-refractivity contribution is -0.137. The van der Waals surface area contributed by atoms with E-state index in [0.29, 0.717) is 44.1 Å². The van der Waals surface area contributed by atoms with Crippen molar-refractivity contribution in [2.45, 2.75) is 44.3 Å². The van der Waals surface area contributed by atoms with Crippen LogP contribution in [0.15, 0.2) is 42.6 Å². The average Bonchev–Trinajstić information content (AvgIpc) is 3.67.